The van der Waals surface area contributed by atoms with E-state index in [1.165, 1.54) is 46.8 Å². The van der Waals surface area contributed by atoms with Crippen molar-refractivity contribution in [1.82, 2.24) is 4.31 Å². The third-order valence-corrected chi connectivity index (χ3v) is 6.46. The predicted molar refractivity (Wildman–Crippen MR) is 110 cm³/mol. The Morgan fingerprint density at radius 3 is 2.52 bits per heavy atom. The van der Waals surface area contributed by atoms with Crippen LogP contribution in [0, 0.1) is 10.1 Å². The van der Waals surface area contributed by atoms with Crippen molar-refractivity contribution >= 4 is 33.4 Å². The third kappa shape index (κ3) is 5.27. The lowest BCUT2D eigenvalue weighted by Gasteiger charge is -2.26. The molecule has 1 aliphatic rings. The Hall–Kier alpha value is -3.04. The van der Waals surface area contributed by atoms with Gasteiger partial charge in [0.15, 0.2) is 0 Å². The van der Waals surface area contributed by atoms with E-state index in [2.05, 4.69) is 5.32 Å². The van der Waals surface area contributed by atoms with Crippen LogP contribution in [0.25, 0.3) is 6.08 Å². The van der Waals surface area contributed by atoms with Crippen molar-refractivity contribution in [3.8, 4) is 0 Å². The van der Waals surface area contributed by atoms with Gasteiger partial charge >= 0.3 is 0 Å². The molecule has 3 rings (SSSR count). The summed E-state index contributed by atoms with van der Waals surface area (Å²) >= 11 is 0. The fraction of sp³-hybridized carbons (Fsp3) is 0.250. The van der Waals surface area contributed by atoms with E-state index in [0.29, 0.717) is 24.3 Å². The van der Waals surface area contributed by atoms with E-state index in [1.807, 2.05) is 0 Å². The molecule has 1 N–H and O–H groups in total. The second-order valence-electron chi connectivity index (χ2n) is 6.67. The summed E-state index contributed by atoms with van der Waals surface area (Å²) in [6.45, 7) is 1.01. The Balaban J connectivity index is 1.70. The number of piperidine rings is 1. The first-order chi connectivity index (χ1) is 13.9. The Labute approximate surface area is 169 Å². The number of non-ortho nitro benzene ring substituents is 1. The van der Waals surface area contributed by atoms with Crippen LogP contribution in [0.1, 0.15) is 24.8 Å². The summed E-state index contributed by atoms with van der Waals surface area (Å²) in [6, 6.07) is 12.0. The third-order valence-electron chi connectivity index (χ3n) is 4.56. The molecule has 0 bridgehead atoms. The largest absolute Gasteiger partial charge is 0.322 e. The average Bonchev–Trinajstić information content (AvgIpc) is 2.73. The molecule has 1 aliphatic heterocycles. The normalized spacial score (nSPS) is 15.3. The van der Waals surface area contributed by atoms with Gasteiger partial charge in [-0.2, -0.15) is 4.31 Å². The number of hydrogen-bond acceptors (Lipinski definition) is 5. The van der Waals surface area contributed by atoms with E-state index in [4.69, 9.17) is 0 Å². The molecule has 152 valence electrons. The van der Waals surface area contributed by atoms with E-state index < -0.39 is 20.9 Å². The van der Waals surface area contributed by atoms with Gasteiger partial charge in [-0.05, 0) is 42.7 Å². The minimum Gasteiger partial charge on any atom is -0.322 e. The molecule has 9 heteroatoms. The lowest BCUT2D eigenvalue weighted by atomic mass is 10.2. The molecular weight excluding hydrogens is 394 g/mol. The number of rotatable bonds is 6. The molecule has 1 fully saturated rings. The summed E-state index contributed by atoms with van der Waals surface area (Å²) in [5.41, 5.74) is 0.802. The van der Waals surface area contributed by atoms with Crippen molar-refractivity contribution in [2.24, 2.45) is 0 Å². The molecule has 0 spiro atoms. The highest BCUT2D eigenvalue weighted by Crippen LogP contribution is 2.23. The first kappa shape index (κ1) is 20.7. The van der Waals surface area contributed by atoms with Gasteiger partial charge in [0, 0.05) is 37.0 Å². The Bertz CT molecular complexity index is 1040. The van der Waals surface area contributed by atoms with Gasteiger partial charge < -0.3 is 5.32 Å². The van der Waals surface area contributed by atoms with Crippen LogP contribution in [0.2, 0.25) is 0 Å². The first-order valence-electron chi connectivity index (χ1n) is 9.20. The van der Waals surface area contributed by atoms with Crippen LogP contribution in [-0.2, 0) is 14.8 Å². The maximum Gasteiger partial charge on any atom is 0.270 e. The van der Waals surface area contributed by atoms with E-state index >= 15 is 0 Å². The summed E-state index contributed by atoms with van der Waals surface area (Å²) in [4.78, 5) is 22.6. The van der Waals surface area contributed by atoms with Crippen molar-refractivity contribution in [2.75, 3.05) is 18.4 Å². The Morgan fingerprint density at radius 1 is 1.07 bits per heavy atom. The van der Waals surface area contributed by atoms with Gasteiger partial charge in [-0.25, -0.2) is 8.42 Å². The van der Waals surface area contributed by atoms with Gasteiger partial charge in [-0.1, -0.05) is 24.6 Å². The second-order valence-corrected chi connectivity index (χ2v) is 8.61. The van der Waals surface area contributed by atoms with E-state index in [9.17, 15) is 23.3 Å². The van der Waals surface area contributed by atoms with Gasteiger partial charge in [0.1, 0.15) is 0 Å². The zero-order chi connectivity index (χ0) is 20.9. The van der Waals surface area contributed by atoms with Crippen LogP contribution >= 0.6 is 0 Å². The van der Waals surface area contributed by atoms with Crippen LogP contribution in [0.5, 0.6) is 0 Å². The number of amides is 1. The molecule has 2 aromatic rings. The molecule has 0 saturated carbocycles. The topological polar surface area (TPSA) is 110 Å². The van der Waals surface area contributed by atoms with Crippen LogP contribution < -0.4 is 5.32 Å². The standard InChI is InChI=1S/C20H21N3O5S/c24-20(11-10-16-6-4-8-18(14-16)23(25)26)21-17-7-5-9-19(15-17)29(27,28)22-12-2-1-3-13-22/h4-11,14-15H,1-3,12-13H2,(H,21,24). The Kier molecular flexibility index (Phi) is 6.40. The first-order valence-corrected chi connectivity index (χ1v) is 10.6. The van der Waals surface area contributed by atoms with Crippen LogP contribution in [-0.4, -0.2) is 36.6 Å². The molecule has 0 aromatic heterocycles. The fourth-order valence-corrected chi connectivity index (χ4v) is 4.65. The van der Waals surface area contributed by atoms with Crippen LogP contribution in [0.4, 0.5) is 11.4 Å². The van der Waals surface area contributed by atoms with Crippen LogP contribution in [0.15, 0.2) is 59.5 Å². The minimum absolute atomic E-state index is 0.0665. The molecule has 0 aliphatic carbocycles. The number of nitrogens with one attached hydrogen (secondary N) is 1. The zero-order valence-corrected chi connectivity index (χ0v) is 16.5. The van der Waals surface area contributed by atoms with Gasteiger partial charge in [-0.3, -0.25) is 14.9 Å². The van der Waals surface area contributed by atoms with Crippen molar-refractivity contribution < 1.29 is 18.1 Å². The summed E-state index contributed by atoms with van der Waals surface area (Å²) < 4.78 is 27.0. The SMILES string of the molecule is O=C(C=Cc1cccc([N+](=O)[O-])c1)Nc1cccc(S(=O)(=O)N2CCCCC2)c1. The minimum atomic E-state index is -3.59. The molecule has 29 heavy (non-hydrogen) atoms. The number of carbonyl (C=O) groups excluding carboxylic acids is 1. The van der Waals surface area contributed by atoms with Crippen LogP contribution in [0.3, 0.4) is 0 Å². The monoisotopic (exact) mass is 415 g/mol. The van der Waals surface area contributed by atoms with Crippen molar-refractivity contribution in [2.45, 2.75) is 24.2 Å². The number of benzene rings is 2. The molecule has 1 amide bonds. The maximum atomic E-state index is 12.8. The number of nitro benzene ring substituents is 1. The van der Waals surface area contributed by atoms with Crippen molar-refractivity contribution in [3.63, 3.8) is 0 Å². The summed E-state index contributed by atoms with van der Waals surface area (Å²) in [6.07, 6.45) is 5.41. The number of sulfonamides is 1. The fourth-order valence-electron chi connectivity index (χ4n) is 3.09. The number of nitrogens with zero attached hydrogens (tertiary/aromatic N) is 2. The molecule has 0 unspecified atom stereocenters. The van der Waals surface area contributed by atoms with Gasteiger partial charge in [0.2, 0.25) is 15.9 Å². The number of nitro groups is 1. The molecular formula is C20H21N3O5S. The molecule has 2 aromatic carbocycles. The summed E-state index contributed by atoms with van der Waals surface area (Å²) in [5.74, 6) is -0.468. The number of anilines is 1. The summed E-state index contributed by atoms with van der Waals surface area (Å²) in [7, 11) is -3.59. The van der Waals surface area contributed by atoms with Gasteiger partial charge in [-0.15, -0.1) is 0 Å². The van der Waals surface area contributed by atoms with Crippen molar-refractivity contribution in [1.29, 1.82) is 0 Å². The number of hydrogen-bond donors (Lipinski definition) is 1. The smallest absolute Gasteiger partial charge is 0.270 e. The second kappa shape index (κ2) is 8.97. The van der Waals surface area contributed by atoms with Gasteiger partial charge in [0.25, 0.3) is 5.69 Å². The van der Waals surface area contributed by atoms with Gasteiger partial charge in [0.05, 0.1) is 9.82 Å². The lowest BCUT2D eigenvalue weighted by molar-refractivity contribution is -0.384. The molecule has 8 nitrogen and oxygen atoms in total. The Morgan fingerprint density at radius 2 is 1.79 bits per heavy atom. The predicted octanol–water partition coefficient (Wildman–Crippen LogP) is 3.42. The molecule has 1 heterocycles. The van der Waals surface area contributed by atoms with E-state index in [1.54, 1.807) is 18.2 Å². The zero-order valence-electron chi connectivity index (χ0n) is 15.7. The number of carbonyl (C=O) groups is 1. The molecule has 0 atom stereocenters. The van der Waals surface area contributed by atoms with E-state index in [0.717, 1.165) is 19.3 Å². The summed E-state index contributed by atoms with van der Waals surface area (Å²) in [5, 5.41) is 13.4. The maximum absolute atomic E-state index is 12.8. The van der Waals surface area contributed by atoms with Crippen molar-refractivity contribution in [3.05, 3.63) is 70.3 Å². The quantitative estimate of drug-likeness (QED) is 0.442. The lowest BCUT2D eigenvalue weighted by Crippen LogP contribution is -2.35. The highest BCUT2D eigenvalue weighted by atomic mass is 32.2. The average molecular weight is 415 g/mol. The highest BCUT2D eigenvalue weighted by Gasteiger charge is 2.26. The highest BCUT2D eigenvalue weighted by molar-refractivity contribution is 7.89. The molecule has 1 saturated heterocycles. The molecule has 0 radical (unpaired) electrons. The van der Waals surface area contributed by atoms with E-state index in [-0.39, 0.29) is 10.6 Å².